The van der Waals surface area contributed by atoms with Gasteiger partial charge in [-0.1, -0.05) is 0 Å². The van der Waals surface area contributed by atoms with Crippen LogP contribution in [0.25, 0.3) is 10.9 Å². The highest BCUT2D eigenvalue weighted by atomic mass is 16.5. The van der Waals surface area contributed by atoms with E-state index in [-0.39, 0.29) is 18.4 Å². The molecule has 1 N–H and O–H groups in total. The van der Waals surface area contributed by atoms with Crippen LogP contribution in [0.15, 0.2) is 36.8 Å². The molecule has 0 aliphatic carbocycles. The molecule has 2 aliphatic heterocycles. The first-order valence-corrected chi connectivity index (χ1v) is 10.5. The third kappa shape index (κ3) is 2.81. The molecular weight excluding hydrogens is 410 g/mol. The van der Waals surface area contributed by atoms with Crippen molar-refractivity contribution in [3.63, 3.8) is 0 Å². The van der Waals surface area contributed by atoms with Crippen molar-refractivity contribution in [2.45, 2.75) is 18.4 Å². The van der Waals surface area contributed by atoms with Gasteiger partial charge in [-0.2, -0.15) is 0 Å². The number of hydrogen-bond acceptors (Lipinski definition) is 6. The van der Waals surface area contributed by atoms with Gasteiger partial charge in [0.25, 0.3) is 5.91 Å². The van der Waals surface area contributed by atoms with E-state index in [4.69, 9.17) is 4.74 Å². The lowest BCUT2D eigenvalue weighted by atomic mass is 9.68. The van der Waals surface area contributed by atoms with Gasteiger partial charge in [-0.25, -0.2) is 4.98 Å². The molecule has 0 bridgehead atoms. The Bertz CT molecular complexity index is 1220. The number of aromatic nitrogens is 3. The van der Waals surface area contributed by atoms with Crippen LogP contribution in [0.1, 0.15) is 34.7 Å². The van der Waals surface area contributed by atoms with E-state index in [1.54, 1.807) is 16.9 Å². The number of likely N-dealkylation sites (tertiary alicyclic amines) is 1. The van der Waals surface area contributed by atoms with E-state index in [1.165, 1.54) is 25.5 Å². The Labute approximate surface area is 185 Å². The van der Waals surface area contributed by atoms with Crippen molar-refractivity contribution >= 4 is 22.7 Å². The quantitative estimate of drug-likeness (QED) is 0.665. The van der Waals surface area contributed by atoms with E-state index in [9.17, 15) is 14.7 Å². The number of ether oxygens (including phenoxy) is 1. The standard InChI is InChI=1S/C23H25N5O4/c1-14(30)28-13-23(11-27(12-23)22(31)17-9-24-6-7-25-17)20-16-5-4-15(32-3)8-18(16)26(2)21(20)19(28)10-29/h4-9,19,29H,10-13H2,1-3H3/t19-/m1/s1. The third-order valence-corrected chi connectivity index (χ3v) is 6.78. The zero-order valence-electron chi connectivity index (χ0n) is 18.3. The number of carbonyl (C=O) groups is 2. The molecule has 1 aromatic carbocycles. The van der Waals surface area contributed by atoms with Crippen LogP contribution in [0, 0.1) is 0 Å². The Morgan fingerprint density at radius 1 is 1.25 bits per heavy atom. The van der Waals surface area contributed by atoms with Crippen LogP contribution >= 0.6 is 0 Å². The number of hydrogen-bond donors (Lipinski definition) is 1. The molecule has 1 saturated heterocycles. The molecule has 4 heterocycles. The molecule has 2 aromatic heterocycles. The van der Waals surface area contributed by atoms with Gasteiger partial charge in [0.05, 0.1) is 36.9 Å². The zero-order valence-corrected chi connectivity index (χ0v) is 18.3. The number of carbonyl (C=O) groups excluding carboxylic acids is 2. The second-order valence-corrected chi connectivity index (χ2v) is 8.58. The summed E-state index contributed by atoms with van der Waals surface area (Å²) in [6.45, 7) is 2.71. The highest BCUT2D eigenvalue weighted by molar-refractivity contribution is 5.94. The second kappa shape index (κ2) is 7.30. The lowest BCUT2D eigenvalue weighted by Gasteiger charge is -2.56. The van der Waals surface area contributed by atoms with Crippen molar-refractivity contribution in [3.05, 3.63) is 53.7 Å². The fraction of sp³-hybridized carbons (Fsp3) is 0.391. The predicted molar refractivity (Wildman–Crippen MR) is 116 cm³/mol. The van der Waals surface area contributed by atoms with Gasteiger partial charge in [0.1, 0.15) is 11.4 Å². The third-order valence-electron chi connectivity index (χ3n) is 6.78. The first kappa shape index (κ1) is 20.4. The maximum atomic E-state index is 12.9. The number of methoxy groups -OCH3 is 1. The number of rotatable bonds is 3. The number of aliphatic hydroxyl groups is 1. The Hall–Kier alpha value is -3.46. The molecule has 9 nitrogen and oxygen atoms in total. The Morgan fingerprint density at radius 3 is 2.66 bits per heavy atom. The molecule has 166 valence electrons. The molecule has 32 heavy (non-hydrogen) atoms. The average Bonchev–Trinajstić information content (AvgIpc) is 3.09. The number of benzene rings is 1. The summed E-state index contributed by atoms with van der Waals surface area (Å²) in [4.78, 5) is 37.1. The van der Waals surface area contributed by atoms with Crippen LogP contribution in [0.2, 0.25) is 0 Å². The van der Waals surface area contributed by atoms with Crippen LogP contribution in [0.4, 0.5) is 0 Å². The van der Waals surface area contributed by atoms with E-state index < -0.39 is 11.5 Å². The van der Waals surface area contributed by atoms with Crippen molar-refractivity contribution < 1.29 is 19.4 Å². The maximum Gasteiger partial charge on any atom is 0.274 e. The summed E-state index contributed by atoms with van der Waals surface area (Å²) in [6, 6.07) is 5.47. The summed E-state index contributed by atoms with van der Waals surface area (Å²) in [6.07, 6.45) is 4.50. The fourth-order valence-corrected chi connectivity index (χ4v) is 5.35. The SMILES string of the molecule is COc1ccc2c3c(n(C)c2c1)[C@@H](CO)N(C(C)=O)CC31CN(C(=O)c2cnccn2)C1. The van der Waals surface area contributed by atoms with Gasteiger partial charge >= 0.3 is 0 Å². The molecule has 0 saturated carbocycles. The minimum Gasteiger partial charge on any atom is -0.497 e. The Kier molecular flexibility index (Phi) is 4.67. The molecule has 0 radical (unpaired) electrons. The smallest absolute Gasteiger partial charge is 0.274 e. The average molecular weight is 435 g/mol. The molecule has 3 aromatic rings. The lowest BCUT2D eigenvalue weighted by Crippen LogP contribution is -2.68. The number of aliphatic hydroxyl groups excluding tert-OH is 1. The van der Waals surface area contributed by atoms with Crippen LogP contribution < -0.4 is 4.74 Å². The molecule has 1 atom stereocenters. The molecule has 1 fully saturated rings. The Balaban J connectivity index is 1.63. The minimum absolute atomic E-state index is 0.101. The van der Waals surface area contributed by atoms with E-state index in [2.05, 4.69) is 9.97 Å². The van der Waals surface area contributed by atoms with E-state index in [1.807, 2.05) is 29.8 Å². The van der Waals surface area contributed by atoms with Gasteiger partial charge in [-0.15, -0.1) is 0 Å². The molecule has 5 rings (SSSR count). The fourth-order valence-electron chi connectivity index (χ4n) is 5.35. The summed E-state index contributed by atoms with van der Waals surface area (Å²) in [5.74, 6) is 0.461. The number of amides is 2. The predicted octanol–water partition coefficient (Wildman–Crippen LogP) is 1.27. The van der Waals surface area contributed by atoms with Crippen LogP contribution in [0.3, 0.4) is 0 Å². The largest absolute Gasteiger partial charge is 0.497 e. The number of aryl methyl sites for hydroxylation is 1. The molecule has 9 heteroatoms. The first-order valence-electron chi connectivity index (χ1n) is 10.5. The van der Waals surface area contributed by atoms with Gasteiger partial charge in [0.15, 0.2) is 0 Å². The monoisotopic (exact) mass is 435 g/mol. The van der Waals surface area contributed by atoms with Crippen LogP contribution in [-0.2, 0) is 17.3 Å². The molecule has 2 aliphatic rings. The first-order chi connectivity index (χ1) is 15.4. The van der Waals surface area contributed by atoms with Crippen LogP contribution in [0.5, 0.6) is 5.75 Å². The van der Waals surface area contributed by atoms with E-state index in [0.29, 0.717) is 25.3 Å². The van der Waals surface area contributed by atoms with Crippen LogP contribution in [-0.4, -0.2) is 74.6 Å². The normalized spacial score (nSPS) is 19.1. The summed E-state index contributed by atoms with van der Waals surface area (Å²) in [5.41, 5.74) is 2.86. The number of nitrogens with zero attached hydrogens (tertiary/aromatic N) is 5. The van der Waals surface area contributed by atoms with Gasteiger partial charge in [0.2, 0.25) is 5.91 Å². The zero-order chi connectivity index (χ0) is 22.6. The number of fused-ring (bicyclic) bond motifs is 4. The summed E-state index contributed by atoms with van der Waals surface area (Å²) >= 11 is 0. The van der Waals surface area contributed by atoms with E-state index >= 15 is 0 Å². The highest BCUT2D eigenvalue weighted by Crippen LogP contribution is 2.49. The molecular formula is C23H25N5O4. The molecule has 2 amide bonds. The van der Waals surface area contributed by atoms with Gasteiger partial charge < -0.3 is 24.2 Å². The topological polar surface area (TPSA) is 101 Å². The van der Waals surface area contributed by atoms with Crippen molar-refractivity contribution in [1.29, 1.82) is 0 Å². The Morgan fingerprint density at radius 2 is 2.03 bits per heavy atom. The molecule has 1 spiro atoms. The minimum atomic E-state index is -0.443. The van der Waals surface area contributed by atoms with Gasteiger partial charge in [-0.05, 0) is 17.7 Å². The van der Waals surface area contributed by atoms with Gasteiger partial charge in [-0.3, -0.25) is 14.6 Å². The van der Waals surface area contributed by atoms with Crippen molar-refractivity contribution in [3.8, 4) is 5.75 Å². The maximum absolute atomic E-state index is 12.9. The highest BCUT2D eigenvalue weighted by Gasteiger charge is 2.55. The lowest BCUT2D eigenvalue weighted by molar-refractivity contribution is -0.136. The summed E-state index contributed by atoms with van der Waals surface area (Å²) in [5, 5.41) is 11.3. The molecule has 0 unspecified atom stereocenters. The van der Waals surface area contributed by atoms with Crippen molar-refractivity contribution in [2.75, 3.05) is 33.4 Å². The van der Waals surface area contributed by atoms with Crippen molar-refractivity contribution in [1.82, 2.24) is 24.3 Å². The van der Waals surface area contributed by atoms with Crippen molar-refractivity contribution in [2.24, 2.45) is 7.05 Å². The second-order valence-electron chi connectivity index (χ2n) is 8.58. The van der Waals surface area contributed by atoms with Gasteiger partial charge in [0, 0.05) is 63.1 Å². The summed E-state index contributed by atoms with van der Waals surface area (Å²) < 4.78 is 7.46. The van der Waals surface area contributed by atoms with E-state index in [0.717, 1.165) is 27.9 Å². The summed E-state index contributed by atoms with van der Waals surface area (Å²) in [7, 11) is 3.57.